The first-order chi connectivity index (χ1) is 9.22. The van der Waals surface area contributed by atoms with Crippen LogP contribution >= 0.6 is 0 Å². The molecule has 0 aliphatic rings. The number of fused-ring (bicyclic) bond motifs is 1. The fourth-order valence-corrected chi connectivity index (χ4v) is 2.01. The summed E-state index contributed by atoms with van der Waals surface area (Å²) in [6.45, 7) is 1.97. The lowest BCUT2D eigenvalue weighted by Crippen LogP contribution is -1.90. The average molecular weight is 251 g/mol. The molecular formula is C16H13NO2. The van der Waals surface area contributed by atoms with Gasteiger partial charge in [-0.2, -0.15) is 0 Å². The van der Waals surface area contributed by atoms with Gasteiger partial charge in [0.15, 0.2) is 0 Å². The number of para-hydroxylation sites is 1. The second-order valence-electron chi connectivity index (χ2n) is 4.39. The maximum absolute atomic E-state index is 9.50. The van der Waals surface area contributed by atoms with Crippen LogP contribution in [0.25, 0.3) is 10.9 Å². The van der Waals surface area contributed by atoms with Gasteiger partial charge in [-0.3, -0.25) is 0 Å². The third-order valence-corrected chi connectivity index (χ3v) is 2.94. The van der Waals surface area contributed by atoms with Gasteiger partial charge in [-0.1, -0.05) is 18.2 Å². The fraction of sp³-hybridized carbons (Fsp3) is 0.0625. The number of rotatable bonds is 2. The lowest BCUT2D eigenvalue weighted by Gasteiger charge is -2.08. The number of phenolic OH excluding ortho intramolecular Hbond substituents is 1. The van der Waals surface area contributed by atoms with E-state index in [4.69, 9.17) is 4.74 Å². The quantitative estimate of drug-likeness (QED) is 0.747. The number of hydrogen-bond acceptors (Lipinski definition) is 3. The molecule has 94 valence electrons. The van der Waals surface area contributed by atoms with Crippen molar-refractivity contribution in [1.29, 1.82) is 0 Å². The SMILES string of the molecule is Cc1cc(Oc2ccccc2)nc2ccc(O)cc12. The van der Waals surface area contributed by atoms with Crippen LogP contribution in [0.1, 0.15) is 5.56 Å². The highest BCUT2D eigenvalue weighted by Gasteiger charge is 2.05. The van der Waals surface area contributed by atoms with Crippen molar-refractivity contribution < 1.29 is 9.84 Å². The van der Waals surface area contributed by atoms with E-state index in [0.29, 0.717) is 5.88 Å². The number of ether oxygens (including phenoxy) is 1. The Morgan fingerprint density at radius 3 is 2.58 bits per heavy atom. The summed E-state index contributed by atoms with van der Waals surface area (Å²) >= 11 is 0. The number of pyridine rings is 1. The minimum Gasteiger partial charge on any atom is -0.508 e. The summed E-state index contributed by atoms with van der Waals surface area (Å²) < 4.78 is 5.72. The zero-order valence-electron chi connectivity index (χ0n) is 10.5. The standard InChI is InChI=1S/C16H13NO2/c1-11-9-16(19-13-5-3-2-4-6-13)17-15-8-7-12(18)10-14(11)15/h2-10,18H,1H3. The summed E-state index contributed by atoms with van der Waals surface area (Å²) in [7, 11) is 0. The minimum absolute atomic E-state index is 0.245. The molecule has 3 nitrogen and oxygen atoms in total. The van der Waals surface area contributed by atoms with Crippen molar-refractivity contribution in [2.24, 2.45) is 0 Å². The van der Waals surface area contributed by atoms with Crippen molar-refractivity contribution in [3.8, 4) is 17.4 Å². The summed E-state index contributed by atoms with van der Waals surface area (Å²) in [4.78, 5) is 4.44. The van der Waals surface area contributed by atoms with E-state index in [1.165, 1.54) is 0 Å². The Morgan fingerprint density at radius 2 is 1.79 bits per heavy atom. The molecule has 0 spiro atoms. The van der Waals surface area contributed by atoms with E-state index in [0.717, 1.165) is 22.2 Å². The van der Waals surface area contributed by atoms with Gasteiger partial charge in [0.05, 0.1) is 5.52 Å². The van der Waals surface area contributed by atoms with Gasteiger partial charge in [-0.15, -0.1) is 0 Å². The second-order valence-corrected chi connectivity index (χ2v) is 4.39. The molecule has 19 heavy (non-hydrogen) atoms. The molecule has 0 amide bonds. The van der Waals surface area contributed by atoms with Gasteiger partial charge in [0.1, 0.15) is 11.5 Å². The minimum atomic E-state index is 0.245. The molecule has 3 rings (SSSR count). The highest BCUT2D eigenvalue weighted by Crippen LogP contribution is 2.27. The van der Waals surface area contributed by atoms with Gasteiger partial charge in [0.2, 0.25) is 5.88 Å². The van der Waals surface area contributed by atoms with Crippen molar-refractivity contribution in [3.05, 3.63) is 60.2 Å². The molecule has 0 radical (unpaired) electrons. The first kappa shape index (κ1) is 11.5. The Balaban J connectivity index is 2.04. The predicted octanol–water partition coefficient (Wildman–Crippen LogP) is 4.04. The molecule has 3 heteroatoms. The van der Waals surface area contributed by atoms with E-state index < -0.39 is 0 Å². The van der Waals surface area contributed by atoms with Crippen LogP contribution in [0.5, 0.6) is 17.4 Å². The first-order valence-corrected chi connectivity index (χ1v) is 6.06. The van der Waals surface area contributed by atoms with Gasteiger partial charge >= 0.3 is 0 Å². The van der Waals surface area contributed by atoms with Crippen LogP contribution in [0.3, 0.4) is 0 Å². The van der Waals surface area contributed by atoms with E-state index >= 15 is 0 Å². The zero-order chi connectivity index (χ0) is 13.2. The largest absolute Gasteiger partial charge is 0.508 e. The van der Waals surface area contributed by atoms with Crippen LogP contribution in [-0.4, -0.2) is 10.1 Å². The Morgan fingerprint density at radius 1 is 1.00 bits per heavy atom. The molecule has 3 aromatic rings. The van der Waals surface area contributed by atoms with Crippen molar-refractivity contribution in [3.63, 3.8) is 0 Å². The van der Waals surface area contributed by atoms with Crippen LogP contribution in [0.4, 0.5) is 0 Å². The molecule has 1 aromatic heterocycles. The maximum atomic E-state index is 9.50. The number of phenols is 1. The van der Waals surface area contributed by atoms with Gasteiger partial charge in [-0.05, 0) is 42.8 Å². The zero-order valence-corrected chi connectivity index (χ0v) is 10.5. The lowest BCUT2D eigenvalue weighted by atomic mass is 10.1. The van der Waals surface area contributed by atoms with Gasteiger partial charge < -0.3 is 9.84 Å². The van der Waals surface area contributed by atoms with Crippen molar-refractivity contribution >= 4 is 10.9 Å². The molecule has 0 saturated heterocycles. The smallest absolute Gasteiger partial charge is 0.220 e. The van der Waals surface area contributed by atoms with Gasteiger partial charge in [0.25, 0.3) is 0 Å². The van der Waals surface area contributed by atoms with E-state index in [-0.39, 0.29) is 5.75 Å². The van der Waals surface area contributed by atoms with Crippen LogP contribution in [0, 0.1) is 6.92 Å². The monoisotopic (exact) mass is 251 g/mol. The van der Waals surface area contributed by atoms with Crippen LogP contribution in [0.2, 0.25) is 0 Å². The van der Waals surface area contributed by atoms with E-state index in [2.05, 4.69) is 4.98 Å². The van der Waals surface area contributed by atoms with E-state index in [1.807, 2.05) is 43.3 Å². The number of benzene rings is 2. The van der Waals surface area contributed by atoms with Crippen molar-refractivity contribution in [1.82, 2.24) is 4.98 Å². The lowest BCUT2D eigenvalue weighted by molar-refractivity contribution is 0.464. The summed E-state index contributed by atoms with van der Waals surface area (Å²) in [6, 6.07) is 16.5. The number of aromatic nitrogens is 1. The van der Waals surface area contributed by atoms with Crippen molar-refractivity contribution in [2.45, 2.75) is 6.92 Å². The number of nitrogens with zero attached hydrogens (tertiary/aromatic N) is 1. The highest BCUT2D eigenvalue weighted by molar-refractivity contribution is 5.84. The summed E-state index contributed by atoms with van der Waals surface area (Å²) in [5, 5.41) is 10.4. The third kappa shape index (κ3) is 2.36. The Bertz CT molecular complexity index is 723. The molecular weight excluding hydrogens is 238 g/mol. The topological polar surface area (TPSA) is 42.4 Å². The normalized spacial score (nSPS) is 10.6. The van der Waals surface area contributed by atoms with Crippen molar-refractivity contribution in [2.75, 3.05) is 0 Å². The molecule has 2 aromatic carbocycles. The molecule has 0 fully saturated rings. The Hall–Kier alpha value is -2.55. The fourth-order valence-electron chi connectivity index (χ4n) is 2.01. The summed E-state index contributed by atoms with van der Waals surface area (Å²) in [5.74, 6) is 1.56. The second kappa shape index (κ2) is 4.61. The third-order valence-electron chi connectivity index (χ3n) is 2.94. The molecule has 0 aliphatic heterocycles. The molecule has 1 N–H and O–H groups in total. The van der Waals surface area contributed by atoms with Gasteiger partial charge in [0, 0.05) is 11.5 Å². The Labute approximate surface area is 111 Å². The highest BCUT2D eigenvalue weighted by atomic mass is 16.5. The first-order valence-electron chi connectivity index (χ1n) is 6.06. The molecule has 0 atom stereocenters. The predicted molar refractivity (Wildman–Crippen MR) is 74.7 cm³/mol. The molecule has 0 aliphatic carbocycles. The molecule has 1 heterocycles. The Kier molecular flexibility index (Phi) is 2.80. The van der Waals surface area contributed by atoms with E-state index in [9.17, 15) is 5.11 Å². The summed E-state index contributed by atoms with van der Waals surface area (Å²) in [5.41, 5.74) is 1.83. The summed E-state index contributed by atoms with van der Waals surface area (Å²) in [6.07, 6.45) is 0. The maximum Gasteiger partial charge on any atom is 0.220 e. The van der Waals surface area contributed by atoms with Crippen LogP contribution in [0.15, 0.2) is 54.6 Å². The average Bonchev–Trinajstić information content (AvgIpc) is 2.41. The van der Waals surface area contributed by atoms with Crippen LogP contribution in [-0.2, 0) is 0 Å². The number of hydrogen-bond donors (Lipinski definition) is 1. The number of aromatic hydroxyl groups is 1. The molecule has 0 bridgehead atoms. The number of aryl methyl sites for hydroxylation is 1. The van der Waals surface area contributed by atoms with Crippen LogP contribution < -0.4 is 4.74 Å². The van der Waals surface area contributed by atoms with E-state index in [1.54, 1.807) is 18.2 Å². The molecule has 0 saturated carbocycles. The molecule has 0 unspecified atom stereocenters. The van der Waals surface area contributed by atoms with Gasteiger partial charge in [-0.25, -0.2) is 4.98 Å².